The second kappa shape index (κ2) is 12.6. The van der Waals surface area contributed by atoms with Crippen LogP contribution in [0.2, 0.25) is 0 Å². The maximum absolute atomic E-state index is 16.2. The first kappa shape index (κ1) is 29.2. The van der Waals surface area contributed by atoms with Gasteiger partial charge in [-0.25, -0.2) is 9.18 Å². The molecule has 15 heteroatoms. The lowest BCUT2D eigenvalue weighted by molar-refractivity contribution is -0.248. The maximum Gasteiger partial charge on any atom is 0.330 e. The Labute approximate surface area is 218 Å². The van der Waals surface area contributed by atoms with Crippen molar-refractivity contribution < 1.29 is 45.1 Å². The fourth-order valence-electron chi connectivity index (χ4n) is 4.86. The Morgan fingerprint density at radius 3 is 2.45 bits per heavy atom. The van der Waals surface area contributed by atoms with E-state index < -0.39 is 69.6 Å². The van der Waals surface area contributed by atoms with E-state index in [1.54, 1.807) is 4.98 Å². The van der Waals surface area contributed by atoms with Crippen LogP contribution in [0.25, 0.3) is 0 Å². The zero-order valence-electron chi connectivity index (χ0n) is 21.1. The van der Waals surface area contributed by atoms with Gasteiger partial charge in [0.2, 0.25) is 5.82 Å². The number of H-pyrrole nitrogens is 1. The molecule has 0 aromatic carbocycles. The molecule has 3 aliphatic rings. The van der Waals surface area contributed by atoms with Crippen molar-refractivity contribution in [3.63, 3.8) is 0 Å². The third kappa shape index (κ3) is 6.87. The van der Waals surface area contributed by atoms with Gasteiger partial charge in [0.25, 0.3) is 15.7 Å². The van der Waals surface area contributed by atoms with Crippen molar-refractivity contribution in [2.24, 2.45) is 0 Å². The number of hydrogen-bond donors (Lipinski definition) is 1. The highest BCUT2D eigenvalue weighted by molar-refractivity contribution is 7.86. The SMILES string of the molecule is CCOS(=O)(=O)CC[C@]1(COC2CCCCO2)O[C@@H](n2cc(F)c(=O)[nH]c2=O)[C@@H](F)[C@@H]1OC1CCCCO1. The number of ether oxygens (including phenoxy) is 5. The van der Waals surface area contributed by atoms with Crippen LogP contribution >= 0.6 is 0 Å². The van der Waals surface area contributed by atoms with E-state index in [1.165, 1.54) is 6.92 Å². The van der Waals surface area contributed by atoms with Crippen molar-refractivity contribution in [2.45, 2.75) is 88.6 Å². The molecule has 0 aliphatic carbocycles. The number of aromatic amines is 1. The summed E-state index contributed by atoms with van der Waals surface area (Å²) in [4.78, 5) is 25.8. The first-order valence-electron chi connectivity index (χ1n) is 12.8. The number of hydrogen-bond acceptors (Lipinski definition) is 10. The van der Waals surface area contributed by atoms with Gasteiger partial charge in [-0.05, 0) is 51.9 Å². The Balaban J connectivity index is 1.70. The lowest BCUT2D eigenvalue weighted by Crippen LogP contribution is -2.51. The smallest absolute Gasteiger partial charge is 0.330 e. The summed E-state index contributed by atoms with van der Waals surface area (Å²) in [5, 5.41) is 0. The van der Waals surface area contributed by atoms with Gasteiger partial charge >= 0.3 is 5.69 Å². The van der Waals surface area contributed by atoms with E-state index in [-0.39, 0.29) is 19.6 Å². The molecule has 4 rings (SSSR count). The van der Waals surface area contributed by atoms with Gasteiger partial charge in [0.1, 0.15) is 11.7 Å². The van der Waals surface area contributed by atoms with Crippen LogP contribution in [0, 0.1) is 5.82 Å². The lowest BCUT2D eigenvalue weighted by atomic mass is 9.93. The minimum Gasteiger partial charge on any atom is -0.353 e. The highest BCUT2D eigenvalue weighted by Crippen LogP contribution is 2.44. The quantitative estimate of drug-likeness (QED) is 0.390. The van der Waals surface area contributed by atoms with E-state index in [2.05, 4.69) is 0 Å². The van der Waals surface area contributed by atoms with Gasteiger partial charge in [0.05, 0.1) is 25.2 Å². The summed E-state index contributed by atoms with van der Waals surface area (Å²) in [5.74, 6) is -1.90. The second-order valence-corrected chi connectivity index (χ2v) is 11.3. The second-order valence-electron chi connectivity index (χ2n) is 9.54. The summed E-state index contributed by atoms with van der Waals surface area (Å²) in [7, 11) is -4.03. The van der Waals surface area contributed by atoms with Gasteiger partial charge in [0.15, 0.2) is 25.0 Å². The van der Waals surface area contributed by atoms with E-state index in [0.717, 1.165) is 25.7 Å². The van der Waals surface area contributed by atoms with Crippen molar-refractivity contribution in [1.82, 2.24) is 9.55 Å². The van der Waals surface area contributed by atoms with E-state index in [1.807, 2.05) is 0 Å². The van der Waals surface area contributed by atoms with Crippen molar-refractivity contribution in [3.8, 4) is 0 Å². The minimum absolute atomic E-state index is 0.0984. The molecule has 0 amide bonds. The number of halogens is 2. The first-order chi connectivity index (χ1) is 18.1. The Bertz CT molecular complexity index is 1150. The molecular weight excluding hydrogens is 534 g/mol. The predicted octanol–water partition coefficient (Wildman–Crippen LogP) is 1.49. The van der Waals surface area contributed by atoms with Crippen LogP contribution < -0.4 is 11.2 Å². The summed E-state index contributed by atoms with van der Waals surface area (Å²) in [5.41, 5.74) is -4.14. The largest absolute Gasteiger partial charge is 0.353 e. The average Bonchev–Trinajstić information content (AvgIpc) is 3.16. The van der Waals surface area contributed by atoms with Gasteiger partial charge in [-0.15, -0.1) is 0 Å². The van der Waals surface area contributed by atoms with E-state index in [9.17, 15) is 22.4 Å². The van der Waals surface area contributed by atoms with Gasteiger partial charge in [-0.2, -0.15) is 12.8 Å². The van der Waals surface area contributed by atoms with Crippen molar-refractivity contribution in [1.29, 1.82) is 0 Å². The number of aromatic nitrogens is 2. The normalized spacial score (nSPS) is 32.4. The van der Waals surface area contributed by atoms with Crippen LogP contribution in [0.1, 0.15) is 58.1 Å². The standard InChI is InChI=1S/C23H34F2N2O10S/c1-2-35-38(30,31)12-9-23(14-34-16-7-3-5-10-32-16)19(36-17-8-4-6-11-33-17)18(25)21(37-23)27-13-15(24)20(28)26-22(27)29/h13,16-19,21H,2-12,14H2,1H3,(H,26,28,29)/t16?,17?,18-,19-,21+,23+/m0/s1. The highest BCUT2D eigenvalue weighted by atomic mass is 32.2. The summed E-state index contributed by atoms with van der Waals surface area (Å²) >= 11 is 0. The van der Waals surface area contributed by atoms with Crippen LogP contribution in [0.5, 0.6) is 0 Å². The van der Waals surface area contributed by atoms with E-state index in [0.29, 0.717) is 36.8 Å². The molecule has 12 nitrogen and oxygen atoms in total. The molecule has 4 heterocycles. The molecule has 2 unspecified atom stereocenters. The van der Waals surface area contributed by atoms with Crippen LogP contribution in [0.4, 0.5) is 8.78 Å². The van der Waals surface area contributed by atoms with Crippen molar-refractivity contribution >= 4 is 10.1 Å². The van der Waals surface area contributed by atoms with E-state index >= 15 is 4.39 Å². The lowest BCUT2D eigenvalue weighted by Gasteiger charge is -2.37. The zero-order valence-corrected chi connectivity index (χ0v) is 22.0. The summed E-state index contributed by atoms with van der Waals surface area (Å²) in [6.45, 7) is 1.92. The molecular formula is C23H34F2N2O10S. The fourth-order valence-corrected chi connectivity index (χ4v) is 5.93. The number of alkyl halides is 1. The molecule has 3 aliphatic heterocycles. The molecule has 6 atom stereocenters. The summed E-state index contributed by atoms with van der Waals surface area (Å²) < 4.78 is 89.9. The Morgan fingerprint density at radius 2 is 1.82 bits per heavy atom. The van der Waals surface area contributed by atoms with Crippen molar-refractivity contribution in [3.05, 3.63) is 32.9 Å². The predicted molar refractivity (Wildman–Crippen MR) is 127 cm³/mol. The van der Waals surface area contributed by atoms with Gasteiger partial charge in [-0.3, -0.25) is 18.5 Å². The monoisotopic (exact) mass is 568 g/mol. The molecule has 38 heavy (non-hydrogen) atoms. The number of nitrogens with zero attached hydrogens (tertiary/aromatic N) is 1. The Morgan fingerprint density at radius 1 is 1.13 bits per heavy atom. The molecule has 1 N–H and O–H groups in total. The minimum atomic E-state index is -4.03. The van der Waals surface area contributed by atoms with Crippen molar-refractivity contribution in [2.75, 3.05) is 32.2 Å². The molecule has 0 saturated carbocycles. The average molecular weight is 569 g/mol. The molecule has 1 aromatic rings. The Hall–Kier alpha value is -1.75. The van der Waals surface area contributed by atoms with Crippen LogP contribution in [-0.2, 0) is 38.0 Å². The number of nitrogens with one attached hydrogen (secondary N) is 1. The van der Waals surface area contributed by atoms with Crippen LogP contribution in [-0.4, -0.2) is 80.6 Å². The molecule has 1 aromatic heterocycles. The first-order valence-corrected chi connectivity index (χ1v) is 14.4. The summed E-state index contributed by atoms with van der Waals surface area (Å²) in [6.07, 6.45) is -2.27. The topological polar surface area (TPSA) is 144 Å². The molecule has 3 saturated heterocycles. The Kier molecular flexibility index (Phi) is 9.71. The van der Waals surface area contributed by atoms with Gasteiger partial charge < -0.3 is 23.7 Å². The third-order valence-electron chi connectivity index (χ3n) is 6.79. The highest BCUT2D eigenvalue weighted by Gasteiger charge is 2.59. The van der Waals surface area contributed by atoms with Gasteiger partial charge in [-0.1, -0.05) is 0 Å². The molecule has 216 valence electrons. The third-order valence-corrected chi connectivity index (χ3v) is 8.09. The zero-order chi connectivity index (χ0) is 27.3. The molecule has 3 fully saturated rings. The van der Waals surface area contributed by atoms with Gasteiger partial charge in [0, 0.05) is 13.2 Å². The van der Waals surface area contributed by atoms with E-state index in [4.69, 9.17) is 27.9 Å². The fraction of sp³-hybridized carbons (Fsp3) is 0.826. The van der Waals surface area contributed by atoms with Crippen LogP contribution in [0.15, 0.2) is 15.8 Å². The molecule has 0 spiro atoms. The van der Waals surface area contributed by atoms with Crippen LogP contribution in [0.3, 0.4) is 0 Å². The number of rotatable bonds is 11. The maximum atomic E-state index is 16.2. The summed E-state index contributed by atoms with van der Waals surface area (Å²) in [6, 6.07) is 0. The molecule has 0 bridgehead atoms. The molecule has 0 radical (unpaired) electrons.